The van der Waals surface area contributed by atoms with E-state index in [1.807, 2.05) is 62.7 Å². The van der Waals surface area contributed by atoms with Crippen molar-refractivity contribution in [1.29, 1.82) is 0 Å². The summed E-state index contributed by atoms with van der Waals surface area (Å²) in [4.78, 5) is 40.7. The zero-order chi connectivity index (χ0) is 23.0. The van der Waals surface area contributed by atoms with Crippen LogP contribution in [0.5, 0.6) is 0 Å². The molecule has 0 saturated heterocycles. The molecular weight excluding hydrogens is 404 g/mol. The molecule has 0 spiro atoms. The van der Waals surface area contributed by atoms with E-state index in [1.165, 1.54) is 6.07 Å². The van der Waals surface area contributed by atoms with Crippen LogP contribution in [-0.4, -0.2) is 26.5 Å². The lowest BCUT2D eigenvalue weighted by Gasteiger charge is -2.29. The van der Waals surface area contributed by atoms with Gasteiger partial charge in [-0.15, -0.1) is 0 Å². The fraction of sp³-hybridized carbons (Fsp3) is 0.360. The van der Waals surface area contributed by atoms with Gasteiger partial charge < -0.3 is 10.3 Å². The molecule has 1 amide bonds. The smallest absolute Gasteiger partial charge is 0.261 e. The average molecular weight is 433 g/mol. The number of benzene rings is 1. The molecule has 0 fully saturated rings. The Balaban J connectivity index is 1.52. The molecule has 166 valence electrons. The van der Waals surface area contributed by atoms with Gasteiger partial charge in [0.15, 0.2) is 5.78 Å². The first-order valence-electron chi connectivity index (χ1n) is 10.8. The predicted octanol–water partition coefficient (Wildman–Crippen LogP) is 3.32. The van der Waals surface area contributed by atoms with Crippen LogP contribution in [0.15, 0.2) is 41.2 Å². The number of aromatic amines is 1. The summed E-state index contributed by atoms with van der Waals surface area (Å²) in [6, 6.07) is 11.5. The summed E-state index contributed by atoms with van der Waals surface area (Å²) < 4.78 is 1.91. The quantitative estimate of drug-likeness (QED) is 0.646. The SMILES string of the molecule is Cc1nn(Cc2ccccc2)c(C)c1CNC(=O)c1cc2c([nH]c1=O)CC(C)(C)CC2=O. The summed E-state index contributed by atoms with van der Waals surface area (Å²) in [5, 5.41) is 7.44. The van der Waals surface area contributed by atoms with Crippen molar-refractivity contribution >= 4 is 11.7 Å². The van der Waals surface area contributed by atoms with Gasteiger partial charge in [0.1, 0.15) is 5.56 Å². The van der Waals surface area contributed by atoms with E-state index in [0.29, 0.717) is 30.6 Å². The zero-order valence-corrected chi connectivity index (χ0v) is 18.9. The van der Waals surface area contributed by atoms with E-state index >= 15 is 0 Å². The second-order valence-corrected chi connectivity index (χ2v) is 9.32. The zero-order valence-electron chi connectivity index (χ0n) is 18.9. The Kier molecular flexibility index (Phi) is 5.59. The molecular formula is C25H28N4O3. The highest BCUT2D eigenvalue weighted by Crippen LogP contribution is 2.33. The van der Waals surface area contributed by atoms with Crippen LogP contribution < -0.4 is 10.9 Å². The monoisotopic (exact) mass is 432 g/mol. The number of carbonyl (C=O) groups is 2. The summed E-state index contributed by atoms with van der Waals surface area (Å²) in [6.07, 6.45) is 0.996. The second kappa shape index (κ2) is 8.22. The van der Waals surface area contributed by atoms with Gasteiger partial charge >= 0.3 is 0 Å². The van der Waals surface area contributed by atoms with Crippen molar-refractivity contribution in [3.63, 3.8) is 0 Å². The van der Waals surface area contributed by atoms with Gasteiger partial charge in [0.25, 0.3) is 11.5 Å². The van der Waals surface area contributed by atoms with E-state index in [0.717, 1.165) is 22.5 Å². The number of nitrogens with zero attached hydrogens (tertiary/aromatic N) is 2. The molecule has 4 rings (SSSR count). The number of H-pyrrole nitrogens is 1. The summed E-state index contributed by atoms with van der Waals surface area (Å²) in [6.45, 7) is 8.76. The number of nitrogens with one attached hydrogen (secondary N) is 2. The molecule has 0 saturated carbocycles. The normalized spacial score (nSPS) is 14.8. The van der Waals surface area contributed by atoms with E-state index in [9.17, 15) is 14.4 Å². The third kappa shape index (κ3) is 4.28. The lowest BCUT2D eigenvalue weighted by Crippen LogP contribution is -2.34. The molecule has 1 aliphatic carbocycles. The molecule has 32 heavy (non-hydrogen) atoms. The second-order valence-electron chi connectivity index (χ2n) is 9.32. The first kappa shape index (κ1) is 21.7. The first-order chi connectivity index (χ1) is 15.1. The lowest BCUT2D eigenvalue weighted by molar-refractivity contribution is 0.0910. The van der Waals surface area contributed by atoms with Crippen molar-refractivity contribution in [3.05, 3.63) is 86.1 Å². The van der Waals surface area contributed by atoms with Crippen molar-refractivity contribution in [3.8, 4) is 0 Å². The van der Waals surface area contributed by atoms with Crippen molar-refractivity contribution in [1.82, 2.24) is 20.1 Å². The Morgan fingerprint density at radius 1 is 1.16 bits per heavy atom. The van der Waals surface area contributed by atoms with Crippen LogP contribution in [-0.2, 0) is 19.5 Å². The molecule has 0 bridgehead atoms. The number of carbonyl (C=O) groups excluding carboxylic acids is 2. The minimum Gasteiger partial charge on any atom is -0.348 e. The molecule has 3 aromatic rings. The van der Waals surface area contributed by atoms with Crippen LogP contribution in [0.4, 0.5) is 0 Å². The van der Waals surface area contributed by atoms with Crippen molar-refractivity contribution < 1.29 is 9.59 Å². The Morgan fingerprint density at radius 3 is 2.59 bits per heavy atom. The fourth-order valence-electron chi connectivity index (χ4n) is 4.36. The van der Waals surface area contributed by atoms with Crippen LogP contribution in [0.25, 0.3) is 0 Å². The van der Waals surface area contributed by atoms with Gasteiger partial charge in [-0.25, -0.2) is 0 Å². The minimum atomic E-state index is -0.499. The minimum absolute atomic E-state index is 0.0382. The molecule has 2 N–H and O–H groups in total. The molecule has 0 aliphatic heterocycles. The number of ketones is 1. The first-order valence-corrected chi connectivity index (χ1v) is 10.8. The summed E-state index contributed by atoms with van der Waals surface area (Å²) in [7, 11) is 0. The largest absolute Gasteiger partial charge is 0.348 e. The van der Waals surface area contributed by atoms with Gasteiger partial charge in [-0.1, -0.05) is 44.2 Å². The van der Waals surface area contributed by atoms with E-state index in [-0.39, 0.29) is 23.3 Å². The van der Waals surface area contributed by atoms with E-state index in [4.69, 9.17) is 0 Å². The molecule has 1 aliphatic rings. The maximum Gasteiger partial charge on any atom is 0.261 e. The highest BCUT2D eigenvalue weighted by molar-refractivity contribution is 6.02. The van der Waals surface area contributed by atoms with Crippen molar-refractivity contribution in [2.24, 2.45) is 5.41 Å². The molecule has 0 radical (unpaired) electrons. The van der Waals surface area contributed by atoms with Gasteiger partial charge in [-0.3, -0.25) is 19.1 Å². The molecule has 2 aromatic heterocycles. The van der Waals surface area contributed by atoms with Gasteiger partial charge in [0, 0.05) is 35.5 Å². The molecule has 0 atom stereocenters. The molecule has 1 aromatic carbocycles. The third-order valence-corrected chi connectivity index (χ3v) is 6.09. The van der Waals surface area contributed by atoms with Gasteiger partial charge in [0.05, 0.1) is 12.2 Å². The van der Waals surface area contributed by atoms with Crippen LogP contribution in [0.1, 0.15) is 69.2 Å². The number of aromatic nitrogens is 3. The number of amides is 1. The third-order valence-electron chi connectivity index (χ3n) is 6.09. The van der Waals surface area contributed by atoms with Gasteiger partial charge in [0.2, 0.25) is 0 Å². The van der Waals surface area contributed by atoms with E-state index in [1.54, 1.807) is 0 Å². The van der Waals surface area contributed by atoms with Gasteiger partial charge in [-0.2, -0.15) is 5.10 Å². The number of Topliss-reactive ketones (excluding diaryl/α,β-unsaturated/α-hetero) is 1. The number of pyridine rings is 1. The standard InChI is InChI=1S/C25H28N4O3/c1-15-20(16(2)29(28-15)14-17-8-6-5-7-9-17)13-26-23(31)19-10-18-21(27-24(19)32)11-25(3,4)12-22(18)30/h5-10H,11-14H2,1-4H3,(H,26,31)(H,27,32). The van der Waals surface area contributed by atoms with Crippen LogP contribution in [0, 0.1) is 19.3 Å². The maximum absolute atomic E-state index is 12.8. The Hall–Kier alpha value is -3.48. The lowest BCUT2D eigenvalue weighted by atomic mass is 9.75. The molecule has 0 unspecified atom stereocenters. The van der Waals surface area contributed by atoms with Crippen molar-refractivity contribution in [2.75, 3.05) is 0 Å². The molecule has 7 nitrogen and oxygen atoms in total. The van der Waals surface area contributed by atoms with Gasteiger partial charge in [-0.05, 0) is 37.3 Å². The fourth-order valence-corrected chi connectivity index (χ4v) is 4.36. The highest BCUT2D eigenvalue weighted by Gasteiger charge is 2.32. The number of hydrogen-bond donors (Lipinski definition) is 2. The van der Waals surface area contributed by atoms with E-state index in [2.05, 4.69) is 15.4 Å². The van der Waals surface area contributed by atoms with Crippen LogP contribution >= 0.6 is 0 Å². The highest BCUT2D eigenvalue weighted by atomic mass is 16.2. The number of rotatable bonds is 5. The average Bonchev–Trinajstić information content (AvgIpc) is 2.98. The molecule has 7 heteroatoms. The van der Waals surface area contributed by atoms with E-state index < -0.39 is 11.5 Å². The Labute approximate surface area is 186 Å². The molecule has 2 heterocycles. The predicted molar refractivity (Wildman–Crippen MR) is 122 cm³/mol. The summed E-state index contributed by atoms with van der Waals surface area (Å²) >= 11 is 0. The number of hydrogen-bond acceptors (Lipinski definition) is 4. The van der Waals surface area contributed by atoms with Crippen LogP contribution in [0.2, 0.25) is 0 Å². The summed E-state index contributed by atoms with van der Waals surface area (Å²) in [5.74, 6) is -0.545. The number of aryl methyl sites for hydroxylation is 1. The Morgan fingerprint density at radius 2 is 1.88 bits per heavy atom. The Bertz CT molecular complexity index is 1250. The summed E-state index contributed by atoms with van der Waals surface area (Å²) in [5.41, 5.74) is 4.19. The number of fused-ring (bicyclic) bond motifs is 1. The maximum atomic E-state index is 12.8. The van der Waals surface area contributed by atoms with Crippen LogP contribution in [0.3, 0.4) is 0 Å². The van der Waals surface area contributed by atoms with Crippen molar-refractivity contribution in [2.45, 2.75) is 53.6 Å². The topological polar surface area (TPSA) is 96.8 Å².